The number of carbonyl (C=O) groups is 1. The van der Waals surface area contributed by atoms with Crippen LogP contribution in [-0.4, -0.2) is 22.4 Å². The van der Waals surface area contributed by atoms with Crippen LogP contribution in [0.1, 0.15) is 5.56 Å². The van der Waals surface area contributed by atoms with Gasteiger partial charge in [-0.05, 0) is 12.3 Å². The molecule has 0 amide bonds. The summed E-state index contributed by atoms with van der Waals surface area (Å²) in [4.78, 5) is 10.5. The van der Waals surface area contributed by atoms with Gasteiger partial charge in [-0.3, -0.25) is 4.79 Å². The Bertz CT molecular complexity index is 365. The molecule has 0 aromatic heterocycles. The Morgan fingerprint density at radius 1 is 1.57 bits per heavy atom. The highest BCUT2D eigenvalue weighted by molar-refractivity contribution is 7.98. The average molecular weight is 216 g/mol. The number of aromatic hydroxyl groups is 1. The molecule has 0 fully saturated rings. The molecule has 0 saturated carbocycles. The van der Waals surface area contributed by atoms with E-state index in [1.807, 2.05) is 0 Å². The number of carboxylic acid groups (broad SMARTS) is 1. The molecule has 1 rings (SSSR count). The molecule has 1 aromatic rings. The van der Waals surface area contributed by atoms with Gasteiger partial charge in [0.15, 0.2) is 0 Å². The quantitative estimate of drug-likeness (QED) is 0.757. The third-order valence-corrected chi connectivity index (χ3v) is 2.50. The lowest BCUT2D eigenvalue weighted by molar-refractivity contribution is -0.136. The average Bonchev–Trinajstić information content (AvgIpc) is 2.10. The number of aliphatic carboxylic acids is 1. The van der Waals surface area contributed by atoms with Crippen LogP contribution in [0.5, 0.6) is 5.75 Å². The molecule has 0 bridgehead atoms. The van der Waals surface area contributed by atoms with E-state index in [2.05, 4.69) is 0 Å². The normalized spacial score (nSPS) is 10.1. The number of phenolic OH excluding ortho intramolecular Hbond substituents is 1. The number of hydrogen-bond donors (Lipinski definition) is 2. The maximum absolute atomic E-state index is 13.4. The van der Waals surface area contributed by atoms with Gasteiger partial charge in [-0.25, -0.2) is 4.39 Å². The molecule has 0 aliphatic heterocycles. The minimum Gasteiger partial charge on any atom is -0.507 e. The second-order valence-electron chi connectivity index (χ2n) is 2.66. The highest BCUT2D eigenvalue weighted by Gasteiger charge is 2.13. The molecular formula is C9H9FO3S. The first-order valence-corrected chi connectivity index (χ1v) is 5.05. The van der Waals surface area contributed by atoms with E-state index in [9.17, 15) is 14.3 Å². The van der Waals surface area contributed by atoms with Gasteiger partial charge in [0.2, 0.25) is 0 Å². The molecule has 14 heavy (non-hydrogen) atoms. The Balaban J connectivity index is 3.14. The van der Waals surface area contributed by atoms with Crippen molar-refractivity contribution in [2.45, 2.75) is 11.3 Å². The summed E-state index contributed by atoms with van der Waals surface area (Å²) >= 11 is 1.05. The summed E-state index contributed by atoms with van der Waals surface area (Å²) in [7, 11) is 0. The third kappa shape index (κ3) is 2.17. The topological polar surface area (TPSA) is 57.5 Å². The van der Waals surface area contributed by atoms with Crippen molar-refractivity contribution in [1.82, 2.24) is 0 Å². The lowest BCUT2D eigenvalue weighted by Crippen LogP contribution is -2.03. The zero-order chi connectivity index (χ0) is 10.7. The second kappa shape index (κ2) is 4.32. The minimum absolute atomic E-state index is 0.0830. The van der Waals surface area contributed by atoms with Crippen LogP contribution in [0.15, 0.2) is 17.0 Å². The number of phenols is 1. The van der Waals surface area contributed by atoms with Crippen molar-refractivity contribution in [2.75, 3.05) is 6.26 Å². The van der Waals surface area contributed by atoms with Crippen molar-refractivity contribution in [3.05, 3.63) is 23.5 Å². The van der Waals surface area contributed by atoms with E-state index in [1.165, 1.54) is 12.1 Å². The summed E-state index contributed by atoms with van der Waals surface area (Å²) in [5.74, 6) is -1.91. The Morgan fingerprint density at radius 2 is 2.21 bits per heavy atom. The Hall–Kier alpha value is -1.23. The number of hydrogen-bond acceptors (Lipinski definition) is 3. The van der Waals surface area contributed by atoms with E-state index >= 15 is 0 Å². The first-order valence-electron chi connectivity index (χ1n) is 3.82. The van der Waals surface area contributed by atoms with Gasteiger partial charge in [0, 0.05) is 5.56 Å². The van der Waals surface area contributed by atoms with E-state index in [4.69, 9.17) is 5.11 Å². The van der Waals surface area contributed by atoms with Crippen LogP contribution < -0.4 is 0 Å². The van der Waals surface area contributed by atoms with Gasteiger partial charge in [-0.15, -0.1) is 11.8 Å². The maximum atomic E-state index is 13.4. The molecule has 1 aromatic carbocycles. The van der Waals surface area contributed by atoms with Crippen molar-refractivity contribution in [2.24, 2.45) is 0 Å². The lowest BCUT2D eigenvalue weighted by Gasteiger charge is -2.06. The predicted molar refractivity (Wildman–Crippen MR) is 51.2 cm³/mol. The van der Waals surface area contributed by atoms with Gasteiger partial charge >= 0.3 is 5.97 Å². The van der Waals surface area contributed by atoms with Crippen LogP contribution in [0, 0.1) is 5.82 Å². The predicted octanol–water partition coefficient (Wildman–Crippen LogP) is 1.88. The molecule has 2 N–H and O–H groups in total. The van der Waals surface area contributed by atoms with E-state index in [1.54, 1.807) is 6.26 Å². The van der Waals surface area contributed by atoms with Crippen LogP contribution in [0.2, 0.25) is 0 Å². The van der Waals surface area contributed by atoms with Crippen molar-refractivity contribution in [3.8, 4) is 5.75 Å². The number of halogens is 1. The maximum Gasteiger partial charge on any atom is 0.307 e. The SMILES string of the molecule is CSc1c(O)ccc(CC(=O)O)c1F. The zero-order valence-corrected chi connectivity index (χ0v) is 8.27. The number of benzene rings is 1. The van der Waals surface area contributed by atoms with Gasteiger partial charge in [-0.1, -0.05) is 6.07 Å². The fraction of sp³-hybridized carbons (Fsp3) is 0.222. The second-order valence-corrected chi connectivity index (χ2v) is 3.48. The minimum atomic E-state index is -1.10. The fourth-order valence-corrected chi connectivity index (χ4v) is 1.67. The third-order valence-electron chi connectivity index (χ3n) is 1.70. The van der Waals surface area contributed by atoms with Gasteiger partial charge in [-0.2, -0.15) is 0 Å². The summed E-state index contributed by atoms with van der Waals surface area (Å²) in [6.07, 6.45) is 1.24. The standard InChI is InChI=1S/C9H9FO3S/c1-14-9-6(11)3-2-5(8(9)10)4-7(12)13/h2-3,11H,4H2,1H3,(H,12,13). The number of carboxylic acids is 1. The van der Waals surface area contributed by atoms with Crippen molar-refractivity contribution >= 4 is 17.7 Å². The largest absolute Gasteiger partial charge is 0.507 e. The lowest BCUT2D eigenvalue weighted by atomic mass is 10.1. The van der Waals surface area contributed by atoms with E-state index in [-0.39, 0.29) is 22.6 Å². The Labute approximate surface area is 84.6 Å². The van der Waals surface area contributed by atoms with E-state index < -0.39 is 11.8 Å². The van der Waals surface area contributed by atoms with Crippen molar-refractivity contribution in [3.63, 3.8) is 0 Å². The van der Waals surface area contributed by atoms with Crippen LogP contribution in [-0.2, 0) is 11.2 Å². The van der Waals surface area contributed by atoms with Gasteiger partial charge in [0.25, 0.3) is 0 Å². The smallest absolute Gasteiger partial charge is 0.307 e. The molecule has 0 aliphatic rings. The van der Waals surface area contributed by atoms with Gasteiger partial charge < -0.3 is 10.2 Å². The number of rotatable bonds is 3. The zero-order valence-electron chi connectivity index (χ0n) is 7.45. The van der Waals surface area contributed by atoms with E-state index in [0.29, 0.717) is 0 Å². The molecule has 0 aliphatic carbocycles. The summed E-state index contributed by atoms with van der Waals surface area (Å²) in [5, 5.41) is 17.7. The van der Waals surface area contributed by atoms with Crippen LogP contribution in [0.25, 0.3) is 0 Å². The molecule has 0 unspecified atom stereocenters. The van der Waals surface area contributed by atoms with E-state index in [0.717, 1.165) is 11.8 Å². The van der Waals surface area contributed by atoms with Crippen molar-refractivity contribution < 1.29 is 19.4 Å². The van der Waals surface area contributed by atoms with Crippen LogP contribution in [0.3, 0.4) is 0 Å². The summed E-state index contributed by atoms with van der Waals surface area (Å²) in [5.41, 5.74) is 0.0830. The van der Waals surface area contributed by atoms with Crippen molar-refractivity contribution in [1.29, 1.82) is 0 Å². The molecule has 0 atom stereocenters. The first kappa shape index (κ1) is 10.8. The summed E-state index contributed by atoms with van der Waals surface area (Å²) in [6, 6.07) is 2.58. The van der Waals surface area contributed by atoms with Gasteiger partial charge in [0.05, 0.1) is 11.3 Å². The molecule has 0 heterocycles. The highest BCUT2D eigenvalue weighted by Crippen LogP contribution is 2.31. The fourth-order valence-electron chi connectivity index (χ4n) is 1.08. The summed E-state index contributed by atoms with van der Waals surface area (Å²) in [6.45, 7) is 0. The van der Waals surface area contributed by atoms with Crippen LogP contribution >= 0.6 is 11.8 Å². The molecule has 0 spiro atoms. The molecule has 5 heteroatoms. The van der Waals surface area contributed by atoms with Crippen LogP contribution in [0.4, 0.5) is 4.39 Å². The number of thioether (sulfide) groups is 1. The Kier molecular flexibility index (Phi) is 3.35. The molecular weight excluding hydrogens is 207 g/mol. The molecule has 3 nitrogen and oxygen atoms in total. The first-order chi connectivity index (χ1) is 6.56. The van der Waals surface area contributed by atoms with Gasteiger partial charge in [0.1, 0.15) is 11.6 Å². The Morgan fingerprint density at radius 3 is 2.71 bits per heavy atom. The molecule has 0 radical (unpaired) electrons. The summed E-state index contributed by atoms with van der Waals surface area (Å²) < 4.78 is 13.4. The monoisotopic (exact) mass is 216 g/mol. The highest BCUT2D eigenvalue weighted by atomic mass is 32.2. The molecule has 76 valence electrons. The molecule has 0 saturated heterocycles.